The van der Waals surface area contributed by atoms with Gasteiger partial charge in [-0.1, -0.05) is 12.1 Å². The fraction of sp³-hybridized carbons (Fsp3) is 0.0625. The summed E-state index contributed by atoms with van der Waals surface area (Å²) in [6.07, 6.45) is 1.46. The highest BCUT2D eigenvalue weighted by molar-refractivity contribution is 7.17. The first-order valence-corrected chi connectivity index (χ1v) is 8.55. The molecule has 0 aliphatic rings. The molecule has 0 atom stereocenters. The normalized spacial score (nSPS) is 10.4. The Bertz CT molecular complexity index is 887. The van der Waals surface area contributed by atoms with Gasteiger partial charge < -0.3 is 0 Å². The summed E-state index contributed by atoms with van der Waals surface area (Å²) in [6.45, 7) is 1.79. The molecule has 2 heterocycles. The minimum atomic E-state index is -0.414. The second-order valence-electron chi connectivity index (χ2n) is 4.82. The summed E-state index contributed by atoms with van der Waals surface area (Å²) in [7, 11) is 0. The lowest BCUT2D eigenvalue weighted by molar-refractivity contribution is 0.0851. The number of aryl methyl sites for hydroxylation is 1. The van der Waals surface area contributed by atoms with Crippen LogP contribution in [-0.2, 0) is 0 Å². The quantitative estimate of drug-likeness (QED) is 0.703. The Balaban J connectivity index is 1.63. The fourth-order valence-corrected chi connectivity index (χ4v) is 3.51. The number of amides is 2. The van der Waals surface area contributed by atoms with Crippen LogP contribution < -0.4 is 10.9 Å². The molecule has 0 saturated carbocycles. The predicted molar refractivity (Wildman–Crippen MR) is 91.5 cm³/mol. The average molecular weight is 361 g/mol. The first-order chi connectivity index (χ1) is 11.5. The van der Waals surface area contributed by atoms with E-state index in [4.69, 9.17) is 0 Å². The van der Waals surface area contributed by atoms with E-state index in [1.807, 2.05) is 0 Å². The van der Waals surface area contributed by atoms with Gasteiger partial charge >= 0.3 is 0 Å². The highest BCUT2D eigenvalue weighted by atomic mass is 32.1. The topological polar surface area (TPSA) is 71.1 Å². The van der Waals surface area contributed by atoms with Crippen molar-refractivity contribution in [2.24, 2.45) is 0 Å². The molecule has 2 N–H and O–H groups in total. The van der Waals surface area contributed by atoms with Crippen molar-refractivity contribution in [3.63, 3.8) is 0 Å². The monoisotopic (exact) mass is 361 g/mol. The second-order valence-corrected chi connectivity index (χ2v) is 7.14. The van der Waals surface area contributed by atoms with Gasteiger partial charge in [-0.05, 0) is 36.8 Å². The fourth-order valence-electron chi connectivity index (χ4n) is 1.93. The lowest BCUT2D eigenvalue weighted by atomic mass is 10.2. The predicted octanol–water partition coefficient (Wildman–Crippen LogP) is 3.39. The second kappa shape index (κ2) is 6.90. The van der Waals surface area contributed by atoms with Crippen LogP contribution in [-0.4, -0.2) is 16.8 Å². The summed E-state index contributed by atoms with van der Waals surface area (Å²) in [5.41, 5.74) is 5.55. The van der Waals surface area contributed by atoms with Gasteiger partial charge in [-0.3, -0.25) is 20.4 Å². The van der Waals surface area contributed by atoms with Gasteiger partial charge in [0.2, 0.25) is 0 Å². The maximum Gasteiger partial charge on any atom is 0.281 e. The Labute approximate surface area is 145 Å². The SMILES string of the molecule is Cc1ncc(C(=O)NNC(=O)c2ccc(-c3ccc(F)cc3)s2)s1. The lowest BCUT2D eigenvalue weighted by Gasteiger charge is -2.04. The van der Waals surface area contributed by atoms with Crippen LogP contribution in [0.5, 0.6) is 0 Å². The molecule has 8 heteroatoms. The molecule has 0 aliphatic heterocycles. The molecule has 0 aliphatic carbocycles. The number of rotatable bonds is 3. The number of aromatic nitrogens is 1. The van der Waals surface area contributed by atoms with Crippen molar-refractivity contribution in [1.29, 1.82) is 0 Å². The Morgan fingerprint density at radius 1 is 0.958 bits per heavy atom. The van der Waals surface area contributed by atoms with Gasteiger partial charge in [0.15, 0.2) is 0 Å². The summed E-state index contributed by atoms with van der Waals surface area (Å²) >= 11 is 2.50. The van der Waals surface area contributed by atoms with Crippen LogP contribution in [0.1, 0.15) is 24.4 Å². The average Bonchev–Trinajstić information content (AvgIpc) is 3.22. The molecule has 122 valence electrons. The van der Waals surface area contributed by atoms with Crippen LogP contribution >= 0.6 is 22.7 Å². The number of thiazole rings is 1. The van der Waals surface area contributed by atoms with E-state index in [-0.39, 0.29) is 5.82 Å². The van der Waals surface area contributed by atoms with Crippen LogP contribution in [0, 0.1) is 12.7 Å². The molecule has 1 aromatic carbocycles. The largest absolute Gasteiger partial charge is 0.281 e. The van der Waals surface area contributed by atoms with Gasteiger partial charge in [0.05, 0.1) is 16.1 Å². The number of halogens is 1. The molecule has 24 heavy (non-hydrogen) atoms. The zero-order valence-corrected chi connectivity index (χ0v) is 14.1. The maximum absolute atomic E-state index is 12.9. The van der Waals surface area contributed by atoms with Crippen molar-refractivity contribution in [2.45, 2.75) is 6.92 Å². The first-order valence-electron chi connectivity index (χ1n) is 6.92. The summed E-state index contributed by atoms with van der Waals surface area (Å²) in [4.78, 5) is 29.6. The number of carbonyl (C=O) groups excluding carboxylic acids is 2. The molecule has 0 radical (unpaired) electrons. The molecule has 0 unspecified atom stereocenters. The van der Waals surface area contributed by atoms with Crippen molar-refractivity contribution >= 4 is 34.5 Å². The molecule has 0 fully saturated rings. The first kappa shape index (κ1) is 16.3. The van der Waals surface area contributed by atoms with Crippen LogP contribution in [0.4, 0.5) is 4.39 Å². The number of carbonyl (C=O) groups is 2. The lowest BCUT2D eigenvalue weighted by Crippen LogP contribution is -2.41. The maximum atomic E-state index is 12.9. The van der Waals surface area contributed by atoms with Crippen molar-refractivity contribution in [1.82, 2.24) is 15.8 Å². The number of thiophene rings is 1. The molecule has 2 amide bonds. The van der Waals surface area contributed by atoms with Gasteiger partial charge in [0, 0.05) is 4.88 Å². The zero-order valence-electron chi connectivity index (χ0n) is 12.5. The van der Waals surface area contributed by atoms with Gasteiger partial charge in [0.1, 0.15) is 10.7 Å². The van der Waals surface area contributed by atoms with E-state index < -0.39 is 11.8 Å². The third-order valence-corrected chi connectivity index (χ3v) is 5.14. The Kier molecular flexibility index (Phi) is 4.68. The van der Waals surface area contributed by atoms with Gasteiger partial charge in [-0.2, -0.15) is 0 Å². The van der Waals surface area contributed by atoms with E-state index >= 15 is 0 Å². The van der Waals surface area contributed by atoms with E-state index in [0.29, 0.717) is 9.75 Å². The molecule has 2 aromatic heterocycles. The smallest absolute Gasteiger partial charge is 0.266 e. The Morgan fingerprint density at radius 3 is 2.25 bits per heavy atom. The third-order valence-electron chi connectivity index (χ3n) is 3.09. The standard InChI is InChI=1S/C16H12FN3O2S2/c1-9-18-8-14(23-9)16(22)20-19-15(21)13-7-6-12(24-13)10-2-4-11(17)5-3-10/h2-8H,1H3,(H,19,21)(H,20,22). The van der Waals surface area contributed by atoms with E-state index in [1.54, 1.807) is 31.2 Å². The van der Waals surface area contributed by atoms with Crippen molar-refractivity contribution in [3.8, 4) is 10.4 Å². The van der Waals surface area contributed by atoms with Crippen LogP contribution in [0.2, 0.25) is 0 Å². The van der Waals surface area contributed by atoms with Gasteiger partial charge in [-0.15, -0.1) is 22.7 Å². The molecule has 0 spiro atoms. The highest BCUT2D eigenvalue weighted by Crippen LogP contribution is 2.28. The van der Waals surface area contributed by atoms with Crippen molar-refractivity contribution < 1.29 is 14.0 Å². The summed E-state index contributed by atoms with van der Waals surface area (Å²) in [5.74, 6) is -1.14. The molecule has 3 rings (SSSR count). The number of hydrogen-bond acceptors (Lipinski definition) is 5. The third kappa shape index (κ3) is 3.66. The van der Waals surface area contributed by atoms with Crippen molar-refractivity contribution in [3.05, 3.63) is 63.2 Å². The number of nitrogens with one attached hydrogen (secondary N) is 2. The highest BCUT2D eigenvalue weighted by Gasteiger charge is 2.13. The number of nitrogens with zero attached hydrogens (tertiary/aromatic N) is 1. The van der Waals surface area contributed by atoms with Crippen molar-refractivity contribution in [2.75, 3.05) is 0 Å². The van der Waals surface area contributed by atoms with E-state index in [0.717, 1.165) is 15.4 Å². The van der Waals surface area contributed by atoms with E-state index in [2.05, 4.69) is 15.8 Å². The summed E-state index contributed by atoms with van der Waals surface area (Å²) in [6, 6.07) is 9.47. The molecule has 3 aromatic rings. The number of benzene rings is 1. The van der Waals surface area contributed by atoms with Crippen LogP contribution in [0.3, 0.4) is 0 Å². The summed E-state index contributed by atoms with van der Waals surface area (Å²) in [5, 5.41) is 0.772. The zero-order chi connectivity index (χ0) is 17.1. The molecular formula is C16H12FN3O2S2. The molecule has 0 saturated heterocycles. The Morgan fingerprint density at radius 2 is 1.62 bits per heavy atom. The minimum absolute atomic E-state index is 0.311. The number of hydrogen-bond donors (Lipinski definition) is 2. The molecular weight excluding hydrogens is 349 g/mol. The molecule has 0 bridgehead atoms. The number of hydrazine groups is 1. The molecule has 5 nitrogen and oxygen atoms in total. The summed E-state index contributed by atoms with van der Waals surface area (Å²) < 4.78 is 12.9. The van der Waals surface area contributed by atoms with Crippen LogP contribution in [0.25, 0.3) is 10.4 Å². The Hall–Kier alpha value is -2.58. The van der Waals surface area contributed by atoms with Gasteiger partial charge in [0.25, 0.3) is 11.8 Å². The minimum Gasteiger partial charge on any atom is -0.266 e. The van der Waals surface area contributed by atoms with E-state index in [9.17, 15) is 14.0 Å². The van der Waals surface area contributed by atoms with E-state index in [1.165, 1.54) is 41.0 Å². The van der Waals surface area contributed by atoms with Crippen LogP contribution in [0.15, 0.2) is 42.6 Å². The van der Waals surface area contributed by atoms with Gasteiger partial charge in [-0.25, -0.2) is 9.37 Å².